The molecule has 26 heavy (non-hydrogen) atoms. The number of anilines is 1. The minimum atomic E-state index is -0.0785. The van der Waals surface area contributed by atoms with E-state index in [2.05, 4.69) is 66.4 Å². The van der Waals surface area contributed by atoms with Gasteiger partial charge < -0.3 is 14.4 Å². The molecule has 0 aromatic heterocycles. The summed E-state index contributed by atoms with van der Waals surface area (Å²) in [5.41, 5.74) is 5.78. The van der Waals surface area contributed by atoms with Gasteiger partial charge in [-0.15, -0.1) is 0 Å². The van der Waals surface area contributed by atoms with Gasteiger partial charge in [-0.25, -0.2) is 0 Å². The maximum atomic E-state index is 5.45. The number of hydrogen-bond donors (Lipinski definition) is 0. The van der Waals surface area contributed by atoms with Gasteiger partial charge in [0.05, 0.1) is 19.4 Å². The van der Waals surface area contributed by atoms with E-state index in [0.717, 1.165) is 22.6 Å². The Labute approximate surface area is 154 Å². The van der Waals surface area contributed by atoms with Crippen LogP contribution in [0.2, 0.25) is 0 Å². The van der Waals surface area contributed by atoms with E-state index < -0.39 is 0 Å². The van der Waals surface area contributed by atoms with Crippen molar-refractivity contribution in [3.8, 4) is 5.75 Å². The molecule has 0 unspecified atom stereocenters. The van der Waals surface area contributed by atoms with Gasteiger partial charge >= 0.3 is 0 Å². The van der Waals surface area contributed by atoms with Crippen LogP contribution < -0.4 is 9.64 Å². The van der Waals surface area contributed by atoms with Crippen LogP contribution in [0.25, 0.3) is 0 Å². The Balaban J connectivity index is 1.50. The molecule has 2 aliphatic rings. The Morgan fingerprint density at radius 3 is 2.88 bits per heavy atom. The van der Waals surface area contributed by atoms with Crippen molar-refractivity contribution in [2.75, 3.05) is 18.7 Å². The molecule has 134 valence electrons. The third-order valence-electron chi connectivity index (χ3n) is 5.14. The molecule has 2 aromatic carbocycles. The summed E-state index contributed by atoms with van der Waals surface area (Å²) in [5.74, 6) is 0.895. The van der Waals surface area contributed by atoms with Crippen LogP contribution in [0, 0.1) is 0 Å². The molecule has 0 fully saturated rings. The van der Waals surface area contributed by atoms with Gasteiger partial charge in [0.25, 0.3) is 0 Å². The van der Waals surface area contributed by atoms with Crippen LogP contribution in [0.1, 0.15) is 30.5 Å². The topological polar surface area (TPSA) is 46.4 Å². The van der Waals surface area contributed by atoms with Crippen LogP contribution in [0.4, 0.5) is 5.69 Å². The predicted molar refractivity (Wildman–Crippen MR) is 101 cm³/mol. The lowest BCUT2D eigenvalue weighted by atomic mass is 9.84. The highest BCUT2D eigenvalue weighted by atomic mass is 16.7. The van der Waals surface area contributed by atoms with Gasteiger partial charge in [-0.2, -0.15) is 10.2 Å². The second-order valence-electron chi connectivity index (χ2n) is 7.18. The first-order valence-corrected chi connectivity index (χ1v) is 8.80. The monoisotopic (exact) mass is 349 g/mol. The minimum Gasteiger partial charge on any atom is -0.467 e. The fraction of sp³-hybridized carbons (Fsp3) is 0.333. The summed E-state index contributed by atoms with van der Waals surface area (Å²) in [7, 11) is 2.08. The predicted octanol–water partition coefficient (Wildman–Crippen LogP) is 4.77. The highest BCUT2D eigenvalue weighted by molar-refractivity contribution is 5.69. The number of azo groups is 1. The summed E-state index contributed by atoms with van der Waals surface area (Å²) in [5, 5.41) is 8.71. The SMILES string of the molecule is CN1C(=CN=NCc2ccc3c(c2)COCO3)C(C)(C)c2ccccc21. The molecule has 0 saturated carbocycles. The standard InChI is InChI=1S/C21H23N3O2/c1-21(2)17-6-4-5-7-18(17)24(3)20(21)12-23-22-11-15-8-9-19-16(10-15)13-25-14-26-19/h4-10,12H,11,13-14H2,1-3H3. The molecule has 0 radical (unpaired) electrons. The smallest absolute Gasteiger partial charge is 0.189 e. The third kappa shape index (κ3) is 2.88. The highest BCUT2D eigenvalue weighted by Gasteiger charge is 2.38. The molecule has 0 spiro atoms. The van der Waals surface area contributed by atoms with E-state index in [1.807, 2.05) is 18.3 Å². The zero-order valence-electron chi connectivity index (χ0n) is 15.4. The first-order valence-electron chi connectivity index (χ1n) is 8.80. The summed E-state index contributed by atoms with van der Waals surface area (Å²) < 4.78 is 10.8. The van der Waals surface area contributed by atoms with Crippen molar-refractivity contribution in [1.82, 2.24) is 0 Å². The number of nitrogens with zero attached hydrogens (tertiary/aromatic N) is 3. The summed E-state index contributed by atoms with van der Waals surface area (Å²) in [6, 6.07) is 14.6. The molecule has 0 aliphatic carbocycles. The maximum absolute atomic E-state index is 5.45. The molecular formula is C21H23N3O2. The number of para-hydroxylation sites is 1. The van der Waals surface area contributed by atoms with Crippen molar-refractivity contribution in [1.29, 1.82) is 0 Å². The number of ether oxygens (including phenoxy) is 2. The Morgan fingerprint density at radius 1 is 1.19 bits per heavy atom. The molecule has 0 atom stereocenters. The number of rotatable bonds is 3. The molecule has 5 heteroatoms. The molecule has 0 N–H and O–H groups in total. The Morgan fingerprint density at radius 2 is 2.04 bits per heavy atom. The zero-order valence-corrected chi connectivity index (χ0v) is 15.4. The number of allylic oxidation sites excluding steroid dienone is 1. The average molecular weight is 349 g/mol. The molecule has 5 nitrogen and oxygen atoms in total. The summed E-state index contributed by atoms with van der Waals surface area (Å²) >= 11 is 0. The van der Waals surface area contributed by atoms with E-state index in [1.54, 1.807) is 0 Å². The molecule has 2 aliphatic heterocycles. The number of hydrogen-bond acceptors (Lipinski definition) is 5. The van der Waals surface area contributed by atoms with Crippen molar-refractivity contribution in [2.45, 2.75) is 32.4 Å². The quantitative estimate of drug-likeness (QED) is 0.750. The van der Waals surface area contributed by atoms with Crippen molar-refractivity contribution in [3.05, 3.63) is 71.1 Å². The first-order chi connectivity index (χ1) is 12.6. The second-order valence-corrected chi connectivity index (χ2v) is 7.18. The van der Waals surface area contributed by atoms with Gasteiger partial charge in [-0.3, -0.25) is 0 Å². The van der Waals surface area contributed by atoms with Crippen molar-refractivity contribution in [2.24, 2.45) is 10.2 Å². The maximum Gasteiger partial charge on any atom is 0.189 e. The van der Waals surface area contributed by atoms with Crippen LogP contribution in [0.3, 0.4) is 0 Å². The Bertz CT molecular complexity index is 887. The summed E-state index contributed by atoms with van der Waals surface area (Å²) in [6.45, 7) is 5.89. The van der Waals surface area contributed by atoms with E-state index in [9.17, 15) is 0 Å². The third-order valence-corrected chi connectivity index (χ3v) is 5.14. The molecule has 2 heterocycles. The van der Waals surface area contributed by atoms with E-state index in [4.69, 9.17) is 9.47 Å². The minimum absolute atomic E-state index is 0.0785. The van der Waals surface area contributed by atoms with E-state index in [1.165, 1.54) is 11.3 Å². The molecule has 0 bridgehead atoms. The molecule has 4 rings (SSSR count). The highest BCUT2D eigenvalue weighted by Crippen LogP contribution is 2.46. The molecule has 0 amide bonds. The molecule has 2 aromatic rings. The number of likely N-dealkylation sites (N-methyl/N-ethyl adjacent to an activating group) is 1. The summed E-state index contributed by atoms with van der Waals surface area (Å²) in [4.78, 5) is 2.20. The van der Waals surface area contributed by atoms with Gasteiger partial charge in [0.1, 0.15) is 5.75 Å². The van der Waals surface area contributed by atoms with Crippen LogP contribution >= 0.6 is 0 Å². The van der Waals surface area contributed by atoms with Crippen LogP contribution in [-0.2, 0) is 23.3 Å². The number of benzene rings is 2. The normalized spacial score (nSPS) is 19.5. The molecule has 0 saturated heterocycles. The van der Waals surface area contributed by atoms with Crippen LogP contribution in [0.15, 0.2) is 64.6 Å². The fourth-order valence-electron chi connectivity index (χ4n) is 3.69. The van der Waals surface area contributed by atoms with Gasteiger partial charge in [0, 0.05) is 29.4 Å². The van der Waals surface area contributed by atoms with Crippen molar-refractivity contribution >= 4 is 5.69 Å². The lowest BCUT2D eigenvalue weighted by Crippen LogP contribution is -2.22. The summed E-state index contributed by atoms with van der Waals surface area (Å²) in [6.07, 6.45) is 1.88. The Hall–Kier alpha value is -2.66. The van der Waals surface area contributed by atoms with Gasteiger partial charge in [-0.1, -0.05) is 38.1 Å². The van der Waals surface area contributed by atoms with Crippen LogP contribution in [-0.4, -0.2) is 13.8 Å². The molecular weight excluding hydrogens is 326 g/mol. The van der Waals surface area contributed by atoms with E-state index >= 15 is 0 Å². The van der Waals surface area contributed by atoms with Crippen molar-refractivity contribution < 1.29 is 9.47 Å². The lowest BCUT2D eigenvalue weighted by Gasteiger charge is -2.22. The van der Waals surface area contributed by atoms with Crippen molar-refractivity contribution in [3.63, 3.8) is 0 Å². The first kappa shape index (κ1) is 16.8. The Kier molecular flexibility index (Phi) is 4.24. The van der Waals surface area contributed by atoms with Crippen LogP contribution in [0.5, 0.6) is 5.75 Å². The average Bonchev–Trinajstić information content (AvgIpc) is 2.85. The largest absolute Gasteiger partial charge is 0.467 e. The van der Waals surface area contributed by atoms with Gasteiger partial charge in [0.2, 0.25) is 0 Å². The van der Waals surface area contributed by atoms with Gasteiger partial charge in [-0.05, 0) is 29.3 Å². The van der Waals surface area contributed by atoms with E-state index in [-0.39, 0.29) is 5.41 Å². The lowest BCUT2D eigenvalue weighted by molar-refractivity contribution is -0.0164. The number of fused-ring (bicyclic) bond motifs is 2. The zero-order chi connectivity index (χ0) is 18.1. The fourth-order valence-corrected chi connectivity index (χ4v) is 3.69. The van der Waals surface area contributed by atoms with Gasteiger partial charge in [0.15, 0.2) is 6.79 Å². The van der Waals surface area contributed by atoms with E-state index in [0.29, 0.717) is 19.9 Å². The second kappa shape index (κ2) is 6.57.